The average Bonchev–Trinajstić information content (AvgIpc) is 3.31. The van der Waals surface area contributed by atoms with Gasteiger partial charge in [-0.1, -0.05) is 12.1 Å². The number of hydrogen-bond donors (Lipinski definition) is 2. The summed E-state index contributed by atoms with van der Waals surface area (Å²) in [6.07, 6.45) is 5.97. The topological polar surface area (TPSA) is 94.2 Å². The summed E-state index contributed by atoms with van der Waals surface area (Å²) in [6, 6.07) is 5.27. The fourth-order valence-electron chi connectivity index (χ4n) is 3.76. The number of benzene rings is 1. The minimum absolute atomic E-state index is 0.302. The molecule has 2 aromatic heterocycles. The number of furan rings is 1. The molecule has 148 valence electrons. The zero-order valence-electron chi connectivity index (χ0n) is 16.2. The maximum Gasteiger partial charge on any atom is 0.319 e. The van der Waals surface area contributed by atoms with Crippen LogP contribution in [0.1, 0.15) is 43.0 Å². The number of nitrogens with zero attached hydrogens (tertiary/aromatic N) is 3. The van der Waals surface area contributed by atoms with Gasteiger partial charge in [0.15, 0.2) is 11.4 Å². The minimum Gasteiger partial charge on any atom is -0.459 e. The van der Waals surface area contributed by atoms with Crippen molar-refractivity contribution < 1.29 is 13.9 Å². The molecule has 0 aliphatic heterocycles. The second kappa shape index (κ2) is 8.02. The summed E-state index contributed by atoms with van der Waals surface area (Å²) in [5.41, 5.74) is 2.71. The molecule has 0 unspecified atom stereocenters. The molecule has 1 atom stereocenters. The summed E-state index contributed by atoms with van der Waals surface area (Å²) in [5, 5.41) is 15.0. The van der Waals surface area contributed by atoms with Gasteiger partial charge in [-0.15, -0.1) is 10.2 Å². The molecule has 28 heavy (non-hydrogen) atoms. The lowest BCUT2D eigenvalue weighted by molar-refractivity contribution is 0.185. The van der Waals surface area contributed by atoms with Crippen LogP contribution in [-0.2, 0) is 24.1 Å². The normalized spacial score (nSPS) is 14.6. The third kappa shape index (κ3) is 3.60. The Morgan fingerprint density at radius 1 is 1.36 bits per heavy atom. The number of anilines is 1. The Labute approximate surface area is 163 Å². The van der Waals surface area contributed by atoms with Gasteiger partial charge in [-0.05, 0) is 32.3 Å². The quantitative estimate of drug-likeness (QED) is 0.680. The van der Waals surface area contributed by atoms with Gasteiger partial charge in [-0.2, -0.15) is 0 Å². The standard InChI is InChI=1S/C20H25N5O3/c1-13(19-24-21-12-25(19)10-11-27-2)22-20(26)23-16-8-5-7-15-14-6-3-4-9-17(14)28-18(15)16/h5,7-8,12-13H,3-4,6,9-11H2,1-2H3,(H2,22,23,26)/t13-/m0/s1. The highest BCUT2D eigenvalue weighted by atomic mass is 16.5. The molecule has 0 bridgehead atoms. The van der Waals surface area contributed by atoms with Crippen molar-refractivity contribution in [3.8, 4) is 0 Å². The fraction of sp³-hybridized carbons (Fsp3) is 0.450. The van der Waals surface area contributed by atoms with Gasteiger partial charge in [-0.3, -0.25) is 0 Å². The van der Waals surface area contributed by atoms with Gasteiger partial charge in [0.1, 0.15) is 12.1 Å². The number of aryl methyl sites for hydroxylation is 2. The van der Waals surface area contributed by atoms with Crippen molar-refractivity contribution in [3.05, 3.63) is 41.7 Å². The third-order valence-electron chi connectivity index (χ3n) is 5.15. The van der Waals surface area contributed by atoms with Crippen LogP contribution in [0.5, 0.6) is 0 Å². The van der Waals surface area contributed by atoms with E-state index in [4.69, 9.17) is 9.15 Å². The summed E-state index contributed by atoms with van der Waals surface area (Å²) in [6.45, 7) is 3.05. The molecule has 2 N–H and O–H groups in total. The van der Waals surface area contributed by atoms with Crippen molar-refractivity contribution in [3.63, 3.8) is 0 Å². The number of urea groups is 1. The number of ether oxygens (including phenoxy) is 1. The Hall–Kier alpha value is -2.87. The number of carbonyl (C=O) groups excluding carboxylic acids is 1. The number of rotatable bonds is 6. The zero-order chi connectivity index (χ0) is 19.5. The Bertz CT molecular complexity index is 978. The van der Waals surface area contributed by atoms with E-state index in [2.05, 4.69) is 26.9 Å². The molecule has 8 nitrogen and oxygen atoms in total. The molecular weight excluding hydrogens is 358 g/mol. The van der Waals surface area contributed by atoms with Crippen molar-refractivity contribution in [1.29, 1.82) is 0 Å². The van der Waals surface area contributed by atoms with E-state index >= 15 is 0 Å². The van der Waals surface area contributed by atoms with Crippen molar-refractivity contribution in [2.45, 2.75) is 45.2 Å². The number of aromatic nitrogens is 3. The zero-order valence-corrected chi connectivity index (χ0v) is 16.2. The molecule has 0 fully saturated rings. The van der Waals surface area contributed by atoms with Crippen LogP contribution in [0, 0.1) is 0 Å². The van der Waals surface area contributed by atoms with E-state index in [-0.39, 0.29) is 12.1 Å². The predicted octanol–water partition coefficient (Wildman–Crippen LogP) is 3.43. The molecule has 8 heteroatoms. The van der Waals surface area contributed by atoms with Crippen LogP contribution in [0.25, 0.3) is 11.0 Å². The fourth-order valence-corrected chi connectivity index (χ4v) is 3.76. The minimum atomic E-state index is -0.310. The predicted molar refractivity (Wildman–Crippen MR) is 105 cm³/mol. The van der Waals surface area contributed by atoms with Gasteiger partial charge in [0, 0.05) is 31.0 Å². The lowest BCUT2D eigenvalue weighted by Crippen LogP contribution is -2.32. The summed E-state index contributed by atoms with van der Waals surface area (Å²) in [5.74, 6) is 1.73. The third-order valence-corrected chi connectivity index (χ3v) is 5.15. The van der Waals surface area contributed by atoms with Crippen molar-refractivity contribution in [2.75, 3.05) is 19.0 Å². The van der Waals surface area contributed by atoms with Crippen LogP contribution in [-0.4, -0.2) is 34.5 Å². The van der Waals surface area contributed by atoms with E-state index in [0.717, 1.165) is 36.0 Å². The Kier molecular flexibility index (Phi) is 5.29. The molecule has 0 spiro atoms. The second-order valence-corrected chi connectivity index (χ2v) is 7.09. The largest absolute Gasteiger partial charge is 0.459 e. The van der Waals surface area contributed by atoms with E-state index in [1.807, 2.05) is 23.6 Å². The number of carbonyl (C=O) groups is 1. The Morgan fingerprint density at radius 3 is 3.07 bits per heavy atom. The first kappa shape index (κ1) is 18.5. The average molecular weight is 383 g/mol. The molecule has 0 saturated carbocycles. The van der Waals surface area contributed by atoms with Crippen LogP contribution in [0.15, 0.2) is 28.9 Å². The monoisotopic (exact) mass is 383 g/mol. The second-order valence-electron chi connectivity index (χ2n) is 7.09. The number of hydrogen-bond acceptors (Lipinski definition) is 5. The van der Waals surface area contributed by atoms with Gasteiger partial charge < -0.3 is 24.4 Å². The van der Waals surface area contributed by atoms with E-state index in [1.165, 1.54) is 12.0 Å². The molecule has 2 heterocycles. The van der Waals surface area contributed by atoms with Gasteiger partial charge in [0.2, 0.25) is 0 Å². The first-order chi connectivity index (χ1) is 13.7. The highest BCUT2D eigenvalue weighted by molar-refractivity contribution is 6.00. The van der Waals surface area contributed by atoms with Crippen LogP contribution in [0.3, 0.4) is 0 Å². The highest BCUT2D eigenvalue weighted by Crippen LogP contribution is 2.35. The lowest BCUT2D eigenvalue weighted by atomic mass is 9.96. The van der Waals surface area contributed by atoms with Gasteiger partial charge >= 0.3 is 6.03 Å². The van der Waals surface area contributed by atoms with Gasteiger partial charge in [0.25, 0.3) is 0 Å². The first-order valence-corrected chi connectivity index (χ1v) is 9.64. The van der Waals surface area contributed by atoms with E-state index < -0.39 is 0 Å². The Morgan fingerprint density at radius 2 is 2.21 bits per heavy atom. The summed E-state index contributed by atoms with van der Waals surface area (Å²) < 4.78 is 13.0. The number of methoxy groups -OCH3 is 1. The SMILES string of the molecule is COCCn1cnnc1[C@H](C)NC(=O)Nc1cccc2c3c(oc12)CCCC3. The number of para-hydroxylation sites is 1. The molecule has 0 saturated heterocycles. The highest BCUT2D eigenvalue weighted by Gasteiger charge is 2.21. The lowest BCUT2D eigenvalue weighted by Gasteiger charge is -2.15. The smallest absolute Gasteiger partial charge is 0.319 e. The molecule has 3 aromatic rings. The van der Waals surface area contributed by atoms with Gasteiger partial charge in [0.05, 0.1) is 18.3 Å². The van der Waals surface area contributed by atoms with Crippen LogP contribution >= 0.6 is 0 Å². The maximum atomic E-state index is 12.6. The van der Waals surface area contributed by atoms with Crippen LogP contribution < -0.4 is 10.6 Å². The maximum absolute atomic E-state index is 12.6. The molecule has 2 amide bonds. The van der Waals surface area contributed by atoms with E-state index in [0.29, 0.717) is 24.7 Å². The van der Waals surface area contributed by atoms with Crippen LogP contribution in [0.2, 0.25) is 0 Å². The van der Waals surface area contributed by atoms with Crippen molar-refractivity contribution in [1.82, 2.24) is 20.1 Å². The molecule has 1 aliphatic rings. The summed E-state index contributed by atoms with van der Waals surface area (Å²) in [7, 11) is 1.65. The van der Waals surface area contributed by atoms with Gasteiger partial charge in [-0.25, -0.2) is 4.79 Å². The van der Waals surface area contributed by atoms with E-state index in [9.17, 15) is 4.79 Å². The van der Waals surface area contributed by atoms with Crippen molar-refractivity contribution >= 4 is 22.7 Å². The molecular formula is C20H25N5O3. The number of fused-ring (bicyclic) bond motifs is 3. The molecule has 1 aromatic carbocycles. The molecule has 1 aliphatic carbocycles. The number of amides is 2. The molecule has 0 radical (unpaired) electrons. The van der Waals surface area contributed by atoms with Crippen LogP contribution in [0.4, 0.5) is 10.5 Å². The van der Waals surface area contributed by atoms with E-state index in [1.54, 1.807) is 13.4 Å². The summed E-state index contributed by atoms with van der Waals surface area (Å²) >= 11 is 0. The number of nitrogens with one attached hydrogen (secondary N) is 2. The molecule has 4 rings (SSSR count). The first-order valence-electron chi connectivity index (χ1n) is 9.64. The summed E-state index contributed by atoms with van der Waals surface area (Å²) in [4.78, 5) is 12.6. The Balaban J connectivity index is 1.48. The van der Waals surface area contributed by atoms with Crippen molar-refractivity contribution in [2.24, 2.45) is 0 Å².